The fourth-order valence-corrected chi connectivity index (χ4v) is 3.76. The van der Waals surface area contributed by atoms with Crippen LogP contribution in [0.4, 0.5) is 11.4 Å². The van der Waals surface area contributed by atoms with Gasteiger partial charge in [-0.25, -0.2) is 4.79 Å². The summed E-state index contributed by atoms with van der Waals surface area (Å²) in [6, 6.07) is 19.0. The van der Waals surface area contributed by atoms with Crippen molar-refractivity contribution in [2.45, 2.75) is 6.92 Å². The van der Waals surface area contributed by atoms with Gasteiger partial charge in [0.15, 0.2) is 5.11 Å². The zero-order valence-corrected chi connectivity index (χ0v) is 16.9. The number of rotatable bonds is 5. The van der Waals surface area contributed by atoms with Crippen LogP contribution in [0.1, 0.15) is 16.6 Å². The summed E-state index contributed by atoms with van der Waals surface area (Å²) in [6.45, 7) is 2.09. The molecule has 2 aromatic carbocycles. The molecule has 0 amide bonds. The van der Waals surface area contributed by atoms with Crippen molar-refractivity contribution in [1.29, 1.82) is 0 Å². The molecule has 27 heavy (non-hydrogen) atoms. The van der Waals surface area contributed by atoms with Gasteiger partial charge < -0.3 is 15.4 Å². The second kappa shape index (κ2) is 8.99. The van der Waals surface area contributed by atoms with Crippen molar-refractivity contribution < 1.29 is 9.53 Å². The van der Waals surface area contributed by atoms with Gasteiger partial charge in [-0.05, 0) is 55.0 Å². The highest BCUT2D eigenvalue weighted by molar-refractivity contribution is 7.80. The molecule has 0 atom stereocenters. The largest absolute Gasteiger partial charge is 0.462 e. The zero-order valence-electron chi connectivity index (χ0n) is 14.5. The maximum absolute atomic E-state index is 12.4. The average molecular weight is 417 g/mol. The maximum Gasteiger partial charge on any atom is 0.350 e. The Morgan fingerprint density at radius 1 is 1.11 bits per heavy atom. The van der Waals surface area contributed by atoms with Crippen LogP contribution in [0.15, 0.2) is 60.7 Å². The van der Waals surface area contributed by atoms with Crippen LogP contribution in [0, 0.1) is 0 Å². The van der Waals surface area contributed by atoms with Gasteiger partial charge in [-0.15, -0.1) is 11.3 Å². The van der Waals surface area contributed by atoms with E-state index in [4.69, 9.17) is 28.6 Å². The lowest BCUT2D eigenvalue weighted by molar-refractivity contribution is 0.0533. The van der Waals surface area contributed by atoms with Crippen LogP contribution >= 0.6 is 35.2 Å². The van der Waals surface area contributed by atoms with Crippen molar-refractivity contribution in [2.75, 3.05) is 17.2 Å². The summed E-state index contributed by atoms with van der Waals surface area (Å²) < 4.78 is 5.18. The van der Waals surface area contributed by atoms with E-state index in [9.17, 15) is 4.79 Å². The molecule has 138 valence electrons. The summed E-state index contributed by atoms with van der Waals surface area (Å²) in [5.41, 5.74) is 2.44. The minimum atomic E-state index is -0.374. The maximum atomic E-state index is 12.4. The predicted octanol–water partition coefficient (Wildman–Crippen LogP) is 6.05. The van der Waals surface area contributed by atoms with E-state index in [0.717, 1.165) is 16.1 Å². The molecule has 0 aliphatic heterocycles. The summed E-state index contributed by atoms with van der Waals surface area (Å²) in [6.07, 6.45) is 0. The van der Waals surface area contributed by atoms with Crippen LogP contribution in [0.3, 0.4) is 0 Å². The lowest BCUT2D eigenvalue weighted by Gasteiger charge is -2.10. The molecule has 1 aromatic heterocycles. The number of thiophene rings is 1. The molecule has 7 heteroatoms. The molecule has 0 unspecified atom stereocenters. The molecule has 1 heterocycles. The minimum absolute atomic E-state index is 0.310. The molecular formula is C20H17ClN2O2S2. The lowest BCUT2D eigenvalue weighted by Crippen LogP contribution is -2.20. The molecule has 0 fully saturated rings. The highest BCUT2D eigenvalue weighted by Gasteiger charge is 2.19. The van der Waals surface area contributed by atoms with Crippen LogP contribution in [-0.2, 0) is 4.74 Å². The molecule has 0 saturated heterocycles. The van der Waals surface area contributed by atoms with Gasteiger partial charge >= 0.3 is 5.97 Å². The van der Waals surface area contributed by atoms with Gasteiger partial charge in [0, 0.05) is 15.6 Å². The number of halogens is 1. The summed E-state index contributed by atoms with van der Waals surface area (Å²) in [5, 5.41) is 7.20. The molecule has 2 N–H and O–H groups in total. The van der Waals surface area contributed by atoms with E-state index in [-0.39, 0.29) is 5.97 Å². The quantitative estimate of drug-likeness (QED) is 0.391. The first-order valence-electron chi connectivity index (χ1n) is 8.26. The van der Waals surface area contributed by atoms with E-state index in [1.54, 1.807) is 19.1 Å². The van der Waals surface area contributed by atoms with Crippen LogP contribution in [-0.4, -0.2) is 17.7 Å². The number of esters is 1. The normalized spacial score (nSPS) is 10.3. The molecule has 0 spiro atoms. The first-order chi connectivity index (χ1) is 13.1. The Morgan fingerprint density at radius 3 is 2.48 bits per heavy atom. The topological polar surface area (TPSA) is 50.4 Å². The Morgan fingerprint density at radius 2 is 1.81 bits per heavy atom. The Hall–Kier alpha value is -2.41. The second-order valence-electron chi connectivity index (χ2n) is 5.53. The minimum Gasteiger partial charge on any atom is -0.462 e. The average Bonchev–Trinajstić information content (AvgIpc) is 3.08. The van der Waals surface area contributed by atoms with Gasteiger partial charge in [-0.1, -0.05) is 41.9 Å². The van der Waals surface area contributed by atoms with E-state index in [1.165, 1.54) is 11.3 Å². The molecule has 0 aliphatic carbocycles. The lowest BCUT2D eigenvalue weighted by atomic mass is 10.2. The number of benzene rings is 2. The smallest absolute Gasteiger partial charge is 0.350 e. The van der Waals surface area contributed by atoms with Crippen molar-refractivity contribution in [3.63, 3.8) is 0 Å². The van der Waals surface area contributed by atoms with Gasteiger partial charge in [0.1, 0.15) is 4.88 Å². The van der Waals surface area contributed by atoms with Crippen LogP contribution in [0.2, 0.25) is 5.02 Å². The molecular weight excluding hydrogens is 400 g/mol. The summed E-state index contributed by atoms with van der Waals surface area (Å²) in [5.74, 6) is -0.374. The molecule has 0 aliphatic rings. The number of hydrogen-bond acceptors (Lipinski definition) is 4. The molecule has 0 bridgehead atoms. The van der Waals surface area contributed by atoms with Crippen molar-refractivity contribution in [1.82, 2.24) is 0 Å². The third kappa shape index (κ3) is 5.07. The molecule has 3 rings (SSSR count). The predicted molar refractivity (Wildman–Crippen MR) is 117 cm³/mol. The van der Waals surface area contributed by atoms with Gasteiger partial charge in [0.25, 0.3) is 0 Å². The Bertz CT molecular complexity index is 940. The third-order valence-corrected chi connectivity index (χ3v) is 5.22. The van der Waals surface area contributed by atoms with Gasteiger partial charge in [-0.2, -0.15) is 0 Å². The second-order valence-corrected chi connectivity index (χ2v) is 7.42. The first-order valence-corrected chi connectivity index (χ1v) is 9.87. The number of thiocarbonyl (C=S) groups is 1. The fourth-order valence-electron chi connectivity index (χ4n) is 2.39. The van der Waals surface area contributed by atoms with Crippen molar-refractivity contribution in [3.8, 4) is 10.4 Å². The fraction of sp³-hybridized carbons (Fsp3) is 0.100. The first kappa shape index (κ1) is 19.4. The van der Waals surface area contributed by atoms with Crippen molar-refractivity contribution in [3.05, 3.63) is 70.6 Å². The van der Waals surface area contributed by atoms with Crippen molar-refractivity contribution >= 4 is 57.6 Å². The van der Waals surface area contributed by atoms with E-state index in [0.29, 0.717) is 27.3 Å². The monoisotopic (exact) mass is 416 g/mol. The number of anilines is 2. The summed E-state index contributed by atoms with van der Waals surface area (Å²) in [4.78, 5) is 13.8. The van der Waals surface area contributed by atoms with Crippen LogP contribution in [0.25, 0.3) is 10.4 Å². The number of nitrogens with one attached hydrogen (secondary N) is 2. The summed E-state index contributed by atoms with van der Waals surface area (Å²) in [7, 11) is 0. The van der Waals surface area contributed by atoms with Crippen LogP contribution < -0.4 is 10.6 Å². The Labute approximate surface area is 172 Å². The Kier molecular flexibility index (Phi) is 6.45. The highest BCUT2D eigenvalue weighted by Crippen LogP contribution is 2.35. The Balaban J connectivity index is 1.83. The number of ether oxygens (including phenoxy) is 1. The number of hydrogen-bond donors (Lipinski definition) is 2. The van der Waals surface area contributed by atoms with Crippen molar-refractivity contribution in [2.24, 2.45) is 0 Å². The standard InChI is InChI=1S/C20H17ClN2O2S2/c1-2-25-19(24)18-16(12-17(27-18)13-6-4-3-5-7-13)23-20(26)22-15-10-8-14(21)9-11-15/h3-12H,2H2,1H3,(H2,22,23,26). The van der Waals surface area contributed by atoms with E-state index in [2.05, 4.69) is 10.6 Å². The van der Waals surface area contributed by atoms with E-state index >= 15 is 0 Å². The van der Waals surface area contributed by atoms with E-state index in [1.807, 2.05) is 48.5 Å². The molecule has 0 saturated carbocycles. The number of carbonyl (C=O) groups excluding carboxylic acids is 1. The summed E-state index contributed by atoms with van der Waals surface area (Å²) >= 11 is 12.7. The number of carbonyl (C=O) groups is 1. The van der Waals surface area contributed by atoms with Crippen LogP contribution in [0.5, 0.6) is 0 Å². The zero-order chi connectivity index (χ0) is 19.2. The van der Waals surface area contributed by atoms with Gasteiger partial charge in [0.2, 0.25) is 0 Å². The van der Waals surface area contributed by atoms with Gasteiger partial charge in [0.05, 0.1) is 12.3 Å². The highest BCUT2D eigenvalue weighted by atomic mass is 35.5. The molecule has 3 aromatic rings. The SMILES string of the molecule is CCOC(=O)c1sc(-c2ccccc2)cc1NC(=S)Nc1ccc(Cl)cc1. The molecule has 0 radical (unpaired) electrons. The van der Waals surface area contributed by atoms with E-state index < -0.39 is 0 Å². The van der Waals surface area contributed by atoms with Gasteiger partial charge in [-0.3, -0.25) is 0 Å². The third-order valence-electron chi connectivity index (χ3n) is 3.60. The molecule has 4 nitrogen and oxygen atoms in total.